The molecule has 1 aliphatic heterocycles. The lowest BCUT2D eigenvalue weighted by Crippen LogP contribution is -2.41. The van der Waals surface area contributed by atoms with E-state index in [4.69, 9.17) is 5.11 Å². The molecule has 0 atom stereocenters. The van der Waals surface area contributed by atoms with E-state index >= 15 is 0 Å². The Balaban J connectivity index is 2.02. The quantitative estimate of drug-likeness (QED) is 0.638. The summed E-state index contributed by atoms with van der Waals surface area (Å²) in [4.78, 5) is 10.7. The molecule has 1 aliphatic carbocycles. The van der Waals surface area contributed by atoms with Crippen molar-refractivity contribution in [2.75, 3.05) is 0 Å². The van der Waals surface area contributed by atoms with E-state index in [0.29, 0.717) is 12.1 Å². The van der Waals surface area contributed by atoms with Crippen LogP contribution < -0.4 is 5.43 Å². The summed E-state index contributed by atoms with van der Waals surface area (Å²) in [6, 6.07) is 0. The van der Waals surface area contributed by atoms with Crippen molar-refractivity contribution >= 4 is 11.7 Å². The monoisotopic (exact) mass is 182 g/mol. The van der Waals surface area contributed by atoms with Crippen LogP contribution in [-0.4, -0.2) is 22.3 Å². The summed E-state index contributed by atoms with van der Waals surface area (Å²) in [5.41, 5.74) is 3.30. The molecule has 1 saturated carbocycles. The first kappa shape index (κ1) is 8.53. The van der Waals surface area contributed by atoms with Gasteiger partial charge in [-0.25, -0.2) is 4.79 Å². The van der Waals surface area contributed by atoms with E-state index in [1.807, 2.05) is 0 Å². The van der Waals surface area contributed by atoms with Crippen molar-refractivity contribution in [3.8, 4) is 0 Å². The Kier molecular flexibility index (Phi) is 1.98. The van der Waals surface area contributed by atoms with Crippen molar-refractivity contribution < 1.29 is 9.90 Å². The van der Waals surface area contributed by atoms with Gasteiger partial charge in [0.2, 0.25) is 0 Å². The summed E-state index contributed by atoms with van der Waals surface area (Å²) in [6.45, 7) is 0. The molecule has 0 saturated heterocycles. The Hall–Kier alpha value is -1.06. The van der Waals surface area contributed by atoms with Crippen molar-refractivity contribution in [1.29, 1.82) is 0 Å². The molecule has 0 amide bonds. The third-order valence-corrected chi connectivity index (χ3v) is 2.99. The minimum Gasteiger partial charge on any atom is -0.477 e. The van der Waals surface area contributed by atoms with Crippen molar-refractivity contribution in [2.24, 2.45) is 5.10 Å². The number of nitrogens with one attached hydrogen (secondary N) is 1. The molecule has 0 aromatic heterocycles. The Labute approximate surface area is 77.0 Å². The van der Waals surface area contributed by atoms with Gasteiger partial charge < -0.3 is 10.5 Å². The van der Waals surface area contributed by atoms with Crippen LogP contribution in [-0.2, 0) is 4.79 Å². The Morgan fingerprint density at radius 1 is 1.38 bits per heavy atom. The zero-order valence-corrected chi connectivity index (χ0v) is 7.55. The molecule has 1 spiro atoms. The highest BCUT2D eigenvalue weighted by molar-refractivity contribution is 6.36. The highest BCUT2D eigenvalue weighted by Gasteiger charge is 2.38. The van der Waals surface area contributed by atoms with Crippen molar-refractivity contribution in [3.63, 3.8) is 0 Å². The van der Waals surface area contributed by atoms with E-state index in [0.717, 1.165) is 12.8 Å². The molecule has 0 aromatic carbocycles. The largest absolute Gasteiger partial charge is 0.477 e. The van der Waals surface area contributed by atoms with E-state index < -0.39 is 5.97 Å². The lowest BCUT2D eigenvalue weighted by molar-refractivity contribution is -0.129. The van der Waals surface area contributed by atoms with Crippen LogP contribution in [0.5, 0.6) is 0 Å². The number of hydrogen-bond acceptors (Lipinski definition) is 3. The van der Waals surface area contributed by atoms with Gasteiger partial charge in [0, 0.05) is 6.42 Å². The Morgan fingerprint density at radius 3 is 2.62 bits per heavy atom. The fourth-order valence-electron chi connectivity index (χ4n) is 2.23. The Bertz CT molecular complexity index is 254. The maximum atomic E-state index is 10.7. The number of carboxylic acid groups (broad SMARTS) is 1. The predicted octanol–water partition coefficient (Wildman–Crippen LogP) is 1.12. The first-order chi connectivity index (χ1) is 6.22. The lowest BCUT2D eigenvalue weighted by atomic mass is 9.79. The van der Waals surface area contributed by atoms with Crippen LogP contribution in [0, 0.1) is 0 Å². The maximum absolute atomic E-state index is 10.7. The molecular formula is C9H14N2O2. The predicted molar refractivity (Wildman–Crippen MR) is 48.6 cm³/mol. The van der Waals surface area contributed by atoms with Crippen LogP contribution in [0.4, 0.5) is 0 Å². The average Bonchev–Trinajstić information content (AvgIpc) is 2.51. The smallest absolute Gasteiger partial charge is 0.352 e. The maximum Gasteiger partial charge on any atom is 0.352 e. The third-order valence-electron chi connectivity index (χ3n) is 2.99. The summed E-state index contributed by atoms with van der Waals surface area (Å²) in [7, 11) is 0. The van der Waals surface area contributed by atoms with Gasteiger partial charge >= 0.3 is 5.97 Å². The lowest BCUT2D eigenvalue weighted by Gasteiger charge is -2.32. The zero-order valence-electron chi connectivity index (χ0n) is 7.55. The van der Waals surface area contributed by atoms with Gasteiger partial charge in [0.1, 0.15) is 5.71 Å². The number of carboxylic acids is 1. The van der Waals surface area contributed by atoms with Crippen LogP contribution in [0.15, 0.2) is 5.10 Å². The Morgan fingerprint density at radius 2 is 2.08 bits per heavy atom. The van der Waals surface area contributed by atoms with Gasteiger partial charge in [0.15, 0.2) is 0 Å². The minimum absolute atomic E-state index is 0.00796. The topological polar surface area (TPSA) is 61.7 Å². The normalized spacial score (nSPS) is 25.4. The van der Waals surface area contributed by atoms with E-state index in [2.05, 4.69) is 10.5 Å². The summed E-state index contributed by atoms with van der Waals surface area (Å²) < 4.78 is 0. The van der Waals surface area contributed by atoms with Gasteiger partial charge in [-0.15, -0.1) is 0 Å². The van der Waals surface area contributed by atoms with Crippen molar-refractivity contribution in [3.05, 3.63) is 0 Å². The third kappa shape index (κ3) is 1.53. The molecule has 0 unspecified atom stereocenters. The summed E-state index contributed by atoms with van der Waals surface area (Å²) >= 11 is 0. The molecule has 2 rings (SSSR count). The van der Waals surface area contributed by atoms with Crippen LogP contribution in [0.3, 0.4) is 0 Å². The molecule has 2 N–H and O–H groups in total. The van der Waals surface area contributed by atoms with E-state index in [-0.39, 0.29) is 5.54 Å². The fraction of sp³-hybridized carbons (Fsp3) is 0.778. The molecule has 13 heavy (non-hydrogen) atoms. The molecule has 4 nitrogen and oxygen atoms in total. The molecule has 0 bridgehead atoms. The van der Waals surface area contributed by atoms with Crippen LogP contribution in [0.1, 0.15) is 38.5 Å². The first-order valence-electron chi connectivity index (χ1n) is 4.79. The number of rotatable bonds is 1. The molecule has 4 heteroatoms. The number of carbonyl (C=O) groups is 1. The van der Waals surface area contributed by atoms with Gasteiger partial charge in [-0.05, 0) is 12.8 Å². The second-order valence-electron chi connectivity index (χ2n) is 3.99. The molecule has 0 radical (unpaired) electrons. The number of aliphatic carboxylic acids is 1. The SMILES string of the molecule is O=C(O)C1=NNC2(CCCCC2)C1. The standard InChI is InChI=1S/C9H14N2O2/c12-8(13)7-6-9(11-10-7)4-2-1-3-5-9/h11H,1-6H2,(H,12,13). The molecule has 2 aliphatic rings. The van der Waals surface area contributed by atoms with Crippen LogP contribution in [0.25, 0.3) is 0 Å². The second-order valence-corrected chi connectivity index (χ2v) is 3.99. The number of nitrogens with zero attached hydrogens (tertiary/aromatic N) is 1. The van der Waals surface area contributed by atoms with Crippen molar-refractivity contribution in [2.45, 2.75) is 44.1 Å². The van der Waals surface area contributed by atoms with E-state index in [1.165, 1.54) is 19.3 Å². The molecule has 0 aromatic rings. The summed E-state index contributed by atoms with van der Waals surface area (Å²) in [5, 5.41) is 12.6. The van der Waals surface area contributed by atoms with Crippen LogP contribution in [0.2, 0.25) is 0 Å². The van der Waals surface area contributed by atoms with Crippen molar-refractivity contribution in [1.82, 2.24) is 5.43 Å². The van der Waals surface area contributed by atoms with Crippen LogP contribution >= 0.6 is 0 Å². The molecule has 1 fully saturated rings. The van der Waals surface area contributed by atoms with Gasteiger partial charge in [-0.1, -0.05) is 19.3 Å². The molecular weight excluding hydrogens is 168 g/mol. The zero-order chi connectivity index (χ0) is 9.31. The minimum atomic E-state index is -0.880. The van der Waals surface area contributed by atoms with Gasteiger partial charge in [-0.2, -0.15) is 5.10 Å². The molecule has 1 heterocycles. The second kappa shape index (κ2) is 3.01. The molecule has 72 valence electrons. The highest BCUT2D eigenvalue weighted by Crippen LogP contribution is 2.33. The number of hydrogen-bond donors (Lipinski definition) is 2. The summed E-state index contributed by atoms with van der Waals surface area (Å²) in [5.74, 6) is -0.880. The van der Waals surface area contributed by atoms with E-state index in [1.54, 1.807) is 0 Å². The van der Waals surface area contributed by atoms with Gasteiger partial charge in [-0.3, -0.25) is 0 Å². The highest BCUT2D eigenvalue weighted by atomic mass is 16.4. The fourth-order valence-corrected chi connectivity index (χ4v) is 2.23. The van der Waals surface area contributed by atoms with Gasteiger partial charge in [0.05, 0.1) is 5.54 Å². The number of hydrazone groups is 1. The first-order valence-corrected chi connectivity index (χ1v) is 4.79. The average molecular weight is 182 g/mol. The van der Waals surface area contributed by atoms with Gasteiger partial charge in [0.25, 0.3) is 0 Å². The van der Waals surface area contributed by atoms with E-state index in [9.17, 15) is 4.79 Å². The summed E-state index contributed by atoms with van der Waals surface area (Å²) in [6.07, 6.45) is 6.37.